The highest BCUT2D eigenvalue weighted by atomic mass is 16.4. The van der Waals surface area contributed by atoms with E-state index in [1.807, 2.05) is 0 Å². The van der Waals surface area contributed by atoms with Crippen LogP contribution in [0.4, 0.5) is 0 Å². The molecule has 114 valence electrons. The summed E-state index contributed by atoms with van der Waals surface area (Å²) >= 11 is 0. The number of hydrogen-bond acceptors (Lipinski definition) is 3. The molecule has 0 aliphatic heterocycles. The van der Waals surface area contributed by atoms with Crippen LogP contribution in [0.3, 0.4) is 0 Å². The molecule has 1 aliphatic carbocycles. The molecular formula is C14H24N2O4. The smallest absolute Gasteiger partial charge is 0.329 e. The van der Waals surface area contributed by atoms with Gasteiger partial charge < -0.3 is 15.7 Å². The maximum absolute atomic E-state index is 11.8. The van der Waals surface area contributed by atoms with Crippen molar-refractivity contribution in [2.45, 2.75) is 52.5 Å². The molecule has 0 heterocycles. The lowest BCUT2D eigenvalue weighted by atomic mass is 9.95. The quantitative estimate of drug-likeness (QED) is 0.675. The summed E-state index contributed by atoms with van der Waals surface area (Å²) < 4.78 is 0. The maximum Gasteiger partial charge on any atom is 0.329 e. The van der Waals surface area contributed by atoms with Gasteiger partial charge in [0.15, 0.2) is 0 Å². The molecule has 0 aromatic rings. The van der Waals surface area contributed by atoms with Gasteiger partial charge in [0.1, 0.15) is 5.54 Å². The number of hydrogen-bond donors (Lipinski definition) is 3. The average Bonchev–Trinajstić information content (AvgIpc) is 3.10. The Morgan fingerprint density at radius 3 is 2.10 bits per heavy atom. The Hall–Kier alpha value is -1.59. The predicted octanol–water partition coefficient (Wildman–Crippen LogP) is 0.908. The standard InChI is InChI=1S/C14H24N2O4/c1-13(2,3)11(18)15-8-7-10(17)16-14(4,12(19)20)9-5-6-9/h9H,5-8H2,1-4H3,(H,15,18)(H,16,17)(H,19,20). The Balaban J connectivity index is 2.40. The van der Waals surface area contributed by atoms with E-state index in [2.05, 4.69) is 10.6 Å². The van der Waals surface area contributed by atoms with Gasteiger partial charge in [-0.3, -0.25) is 9.59 Å². The fourth-order valence-electron chi connectivity index (χ4n) is 1.90. The number of carbonyl (C=O) groups is 3. The Bertz CT molecular complexity index is 410. The van der Waals surface area contributed by atoms with Gasteiger partial charge in [-0.2, -0.15) is 0 Å². The van der Waals surface area contributed by atoms with Crippen LogP contribution in [0.1, 0.15) is 47.0 Å². The van der Waals surface area contributed by atoms with Crippen molar-refractivity contribution in [1.82, 2.24) is 10.6 Å². The van der Waals surface area contributed by atoms with Crippen molar-refractivity contribution >= 4 is 17.8 Å². The number of aliphatic carboxylic acids is 1. The van der Waals surface area contributed by atoms with Gasteiger partial charge in [-0.1, -0.05) is 20.8 Å². The highest BCUT2D eigenvalue weighted by molar-refractivity contribution is 5.88. The van der Waals surface area contributed by atoms with Gasteiger partial charge in [0.2, 0.25) is 11.8 Å². The molecule has 2 amide bonds. The fraction of sp³-hybridized carbons (Fsp3) is 0.786. The van der Waals surface area contributed by atoms with Crippen molar-refractivity contribution < 1.29 is 19.5 Å². The number of nitrogens with one attached hydrogen (secondary N) is 2. The van der Waals surface area contributed by atoms with Crippen LogP contribution in [-0.2, 0) is 14.4 Å². The van der Waals surface area contributed by atoms with E-state index in [0.717, 1.165) is 12.8 Å². The van der Waals surface area contributed by atoms with Crippen LogP contribution in [0.2, 0.25) is 0 Å². The first-order valence-corrected chi connectivity index (χ1v) is 6.90. The van der Waals surface area contributed by atoms with Crippen LogP contribution in [0.25, 0.3) is 0 Å². The van der Waals surface area contributed by atoms with Crippen molar-refractivity contribution in [1.29, 1.82) is 0 Å². The Morgan fingerprint density at radius 1 is 1.15 bits per heavy atom. The molecule has 3 N–H and O–H groups in total. The van der Waals surface area contributed by atoms with Crippen LogP contribution in [0.5, 0.6) is 0 Å². The minimum absolute atomic E-state index is 0.00752. The lowest BCUT2D eigenvalue weighted by molar-refractivity contribution is -0.148. The molecule has 1 saturated carbocycles. The van der Waals surface area contributed by atoms with E-state index in [1.165, 1.54) is 0 Å². The van der Waals surface area contributed by atoms with Gasteiger partial charge in [-0.05, 0) is 25.7 Å². The highest BCUT2D eigenvalue weighted by Gasteiger charge is 2.48. The summed E-state index contributed by atoms with van der Waals surface area (Å²) in [6, 6.07) is 0. The normalized spacial score (nSPS) is 18.0. The third-order valence-electron chi connectivity index (χ3n) is 3.56. The summed E-state index contributed by atoms with van der Waals surface area (Å²) in [4.78, 5) is 34.7. The first-order chi connectivity index (χ1) is 9.07. The largest absolute Gasteiger partial charge is 0.480 e. The van der Waals surface area contributed by atoms with Gasteiger partial charge in [-0.25, -0.2) is 4.79 Å². The lowest BCUT2D eigenvalue weighted by Crippen LogP contribution is -2.54. The topological polar surface area (TPSA) is 95.5 Å². The summed E-state index contributed by atoms with van der Waals surface area (Å²) in [6.45, 7) is 7.12. The molecule has 0 radical (unpaired) electrons. The number of rotatable bonds is 6. The zero-order valence-electron chi connectivity index (χ0n) is 12.6. The van der Waals surface area contributed by atoms with Gasteiger partial charge in [0.05, 0.1) is 0 Å². The van der Waals surface area contributed by atoms with Crippen LogP contribution in [0.15, 0.2) is 0 Å². The Morgan fingerprint density at radius 2 is 1.70 bits per heavy atom. The first-order valence-electron chi connectivity index (χ1n) is 6.90. The van der Waals surface area contributed by atoms with Gasteiger partial charge in [-0.15, -0.1) is 0 Å². The maximum atomic E-state index is 11.8. The van der Waals surface area contributed by atoms with E-state index in [4.69, 9.17) is 0 Å². The summed E-state index contributed by atoms with van der Waals surface area (Å²) in [5.74, 6) is -1.48. The summed E-state index contributed by atoms with van der Waals surface area (Å²) in [5, 5.41) is 14.5. The minimum atomic E-state index is -1.19. The second-order valence-electron chi connectivity index (χ2n) is 6.59. The first kappa shape index (κ1) is 16.5. The summed E-state index contributed by atoms with van der Waals surface area (Å²) in [7, 11) is 0. The van der Waals surface area contributed by atoms with E-state index in [0.29, 0.717) is 0 Å². The lowest BCUT2D eigenvalue weighted by Gasteiger charge is -2.26. The van der Waals surface area contributed by atoms with E-state index < -0.39 is 16.9 Å². The molecule has 6 heteroatoms. The zero-order chi connectivity index (χ0) is 15.6. The monoisotopic (exact) mass is 284 g/mol. The molecule has 0 aromatic heterocycles. The van der Waals surface area contributed by atoms with Gasteiger partial charge >= 0.3 is 5.97 Å². The molecule has 1 atom stereocenters. The van der Waals surface area contributed by atoms with Gasteiger partial charge in [0, 0.05) is 18.4 Å². The molecule has 1 unspecified atom stereocenters. The highest BCUT2D eigenvalue weighted by Crippen LogP contribution is 2.39. The van der Waals surface area contributed by atoms with Crippen LogP contribution in [-0.4, -0.2) is 35.0 Å². The molecule has 0 saturated heterocycles. The van der Waals surface area contributed by atoms with E-state index in [1.54, 1.807) is 27.7 Å². The van der Waals surface area contributed by atoms with E-state index >= 15 is 0 Å². The third-order valence-corrected chi connectivity index (χ3v) is 3.56. The zero-order valence-corrected chi connectivity index (χ0v) is 12.6. The van der Waals surface area contributed by atoms with Crippen LogP contribution < -0.4 is 10.6 Å². The number of carbonyl (C=O) groups excluding carboxylic acids is 2. The number of carboxylic acid groups (broad SMARTS) is 1. The fourth-order valence-corrected chi connectivity index (χ4v) is 1.90. The van der Waals surface area contributed by atoms with Crippen molar-refractivity contribution in [3.8, 4) is 0 Å². The Labute approximate surface area is 119 Å². The van der Waals surface area contributed by atoms with Crippen molar-refractivity contribution in [3.05, 3.63) is 0 Å². The predicted molar refractivity (Wildman–Crippen MR) is 74.0 cm³/mol. The second kappa shape index (κ2) is 5.81. The number of carboxylic acids is 1. The van der Waals surface area contributed by atoms with Crippen LogP contribution >= 0.6 is 0 Å². The summed E-state index contributed by atoms with van der Waals surface area (Å²) in [6.07, 6.45) is 1.73. The molecule has 20 heavy (non-hydrogen) atoms. The minimum Gasteiger partial charge on any atom is -0.480 e. The molecular weight excluding hydrogens is 260 g/mol. The van der Waals surface area contributed by atoms with Crippen LogP contribution in [0, 0.1) is 11.3 Å². The molecule has 6 nitrogen and oxygen atoms in total. The second-order valence-corrected chi connectivity index (χ2v) is 6.59. The average molecular weight is 284 g/mol. The van der Waals surface area contributed by atoms with Crippen molar-refractivity contribution in [2.24, 2.45) is 11.3 Å². The van der Waals surface area contributed by atoms with E-state index in [9.17, 15) is 19.5 Å². The Kier molecular flexibility index (Phi) is 4.78. The molecule has 1 rings (SSSR count). The van der Waals surface area contributed by atoms with Gasteiger partial charge in [0.25, 0.3) is 0 Å². The SMILES string of the molecule is CC(C)(C)C(=O)NCCC(=O)NC(C)(C(=O)O)C1CC1. The molecule has 1 fully saturated rings. The molecule has 1 aliphatic rings. The van der Waals surface area contributed by atoms with Crippen molar-refractivity contribution in [2.75, 3.05) is 6.54 Å². The molecule has 0 aromatic carbocycles. The summed E-state index contributed by atoms with van der Waals surface area (Å²) in [5.41, 5.74) is -1.69. The van der Waals surface area contributed by atoms with Crippen molar-refractivity contribution in [3.63, 3.8) is 0 Å². The molecule has 0 bridgehead atoms. The third kappa shape index (κ3) is 4.21. The number of amides is 2. The molecule has 0 spiro atoms. The van der Waals surface area contributed by atoms with E-state index in [-0.39, 0.29) is 30.7 Å².